The summed E-state index contributed by atoms with van der Waals surface area (Å²) in [6.45, 7) is 8.52. The molecule has 0 radical (unpaired) electrons. The van der Waals surface area contributed by atoms with Crippen molar-refractivity contribution in [3.8, 4) is 0 Å². The molecule has 0 fully saturated rings. The SMILES string of the molecule is Cc1ccc([C@@]2(C)CC(C)(C)N(C(=O)c3cccc(F)c3)c3ccccc32)cc1. The molecule has 0 bridgehead atoms. The Morgan fingerprint density at radius 2 is 1.62 bits per heavy atom. The molecule has 1 atom stereocenters. The fraction of sp³-hybridized carbons (Fsp3) is 0.269. The van der Waals surface area contributed by atoms with Gasteiger partial charge in [0.1, 0.15) is 5.82 Å². The van der Waals surface area contributed by atoms with E-state index in [0.717, 1.165) is 17.7 Å². The first-order valence-corrected chi connectivity index (χ1v) is 9.99. The summed E-state index contributed by atoms with van der Waals surface area (Å²) in [5, 5.41) is 0. The lowest BCUT2D eigenvalue weighted by Gasteiger charge is -2.51. The Hall–Kier alpha value is -2.94. The third-order valence-corrected chi connectivity index (χ3v) is 6.09. The highest BCUT2D eigenvalue weighted by molar-refractivity contribution is 6.08. The summed E-state index contributed by atoms with van der Waals surface area (Å²) in [6, 6.07) is 22.7. The number of carbonyl (C=O) groups is 1. The van der Waals surface area contributed by atoms with Crippen molar-refractivity contribution in [2.45, 2.75) is 45.1 Å². The summed E-state index contributed by atoms with van der Waals surface area (Å²) in [5.41, 5.74) is 4.16. The van der Waals surface area contributed by atoms with E-state index in [1.165, 1.54) is 23.3 Å². The minimum Gasteiger partial charge on any atom is -0.302 e. The van der Waals surface area contributed by atoms with Gasteiger partial charge in [-0.15, -0.1) is 0 Å². The summed E-state index contributed by atoms with van der Waals surface area (Å²) in [7, 11) is 0. The number of hydrogen-bond acceptors (Lipinski definition) is 1. The minimum absolute atomic E-state index is 0.173. The van der Waals surface area contributed by atoms with Crippen molar-refractivity contribution in [3.05, 3.63) is 101 Å². The molecule has 3 aromatic carbocycles. The monoisotopic (exact) mass is 387 g/mol. The van der Waals surface area contributed by atoms with E-state index in [-0.39, 0.29) is 11.3 Å². The first-order valence-electron chi connectivity index (χ1n) is 9.99. The molecular formula is C26H26FNO. The van der Waals surface area contributed by atoms with Crippen LogP contribution in [0.25, 0.3) is 0 Å². The van der Waals surface area contributed by atoms with Gasteiger partial charge in [0, 0.05) is 22.2 Å². The second-order valence-electron chi connectivity index (χ2n) is 8.86. The van der Waals surface area contributed by atoms with E-state index in [4.69, 9.17) is 0 Å². The van der Waals surface area contributed by atoms with E-state index in [9.17, 15) is 9.18 Å². The number of carbonyl (C=O) groups excluding carboxylic acids is 1. The van der Waals surface area contributed by atoms with Crippen molar-refractivity contribution in [1.29, 1.82) is 0 Å². The number of rotatable bonds is 2. The first-order chi connectivity index (χ1) is 13.7. The topological polar surface area (TPSA) is 20.3 Å². The largest absolute Gasteiger partial charge is 0.302 e. The number of aryl methyl sites for hydroxylation is 1. The zero-order valence-electron chi connectivity index (χ0n) is 17.4. The van der Waals surface area contributed by atoms with Crippen LogP contribution in [0, 0.1) is 12.7 Å². The molecule has 0 aliphatic carbocycles. The van der Waals surface area contributed by atoms with Crippen LogP contribution in [0.1, 0.15) is 54.2 Å². The van der Waals surface area contributed by atoms with Gasteiger partial charge in [0.15, 0.2) is 0 Å². The summed E-state index contributed by atoms with van der Waals surface area (Å²) >= 11 is 0. The second-order valence-corrected chi connectivity index (χ2v) is 8.86. The standard InChI is InChI=1S/C26H26FNO/c1-18-12-14-20(15-13-18)26(4)17-25(2,3)28(23-11-6-5-10-22(23)26)24(29)19-8-7-9-21(27)16-19/h5-16H,17H2,1-4H3/t26-/m1/s1. The van der Waals surface area contributed by atoms with Crippen LogP contribution in [0.15, 0.2) is 72.8 Å². The van der Waals surface area contributed by atoms with Gasteiger partial charge in [0.25, 0.3) is 5.91 Å². The maximum Gasteiger partial charge on any atom is 0.258 e. The predicted octanol–water partition coefficient (Wildman–Crippen LogP) is 6.27. The Morgan fingerprint density at radius 1 is 0.931 bits per heavy atom. The zero-order chi connectivity index (χ0) is 20.8. The van der Waals surface area contributed by atoms with Crippen LogP contribution in [0.3, 0.4) is 0 Å². The number of halogens is 1. The van der Waals surface area contributed by atoms with Crippen LogP contribution < -0.4 is 4.90 Å². The molecular weight excluding hydrogens is 361 g/mol. The smallest absolute Gasteiger partial charge is 0.258 e. The third kappa shape index (κ3) is 3.25. The molecule has 0 N–H and O–H groups in total. The van der Waals surface area contributed by atoms with Gasteiger partial charge in [-0.05, 0) is 62.6 Å². The third-order valence-electron chi connectivity index (χ3n) is 6.09. The first kappa shape index (κ1) is 19.4. The molecule has 3 heteroatoms. The quantitative estimate of drug-likeness (QED) is 0.507. The molecule has 0 unspecified atom stereocenters. The second kappa shape index (κ2) is 6.84. The number of fused-ring (bicyclic) bond motifs is 1. The Bertz CT molecular complexity index is 1070. The number of amides is 1. The Balaban J connectivity index is 1.88. The number of benzene rings is 3. The van der Waals surface area contributed by atoms with Gasteiger partial charge in [0.05, 0.1) is 0 Å². The fourth-order valence-electron chi connectivity index (χ4n) is 4.81. The Kier molecular flexibility index (Phi) is 4.57. The number of para-hydroxylation sites is 1. The van der Waals surface area contributed by atoms with Crippen LogP contribution >= 0.6 is 0 Å². The highest BCUT2D eigenvalue weighted by atomic mass is 19.1. The lowest BCUT2D eigenvalue weighted by molar-refractivity contribution is 0.0948. The lowest BCUT2D eigenvalue weighted by atomic mass is 9.65. The Morgan fingerprint density at radius 3 is 2.31 bits per heavy atom. The van der Waals surface area contributed by atoms with Crippen molar-refractivity contribution in [3.63, 3.8) is 0 Å². The van der Waals surface area contributed by atoms with E-state index >= 15 is 0 Å². The van der Waals surface area contributed by atoms with E-state index in [1.54, 1.807) is 12.1 Å². The van der Waals surface area contributed by atoms with Crippen molar-refractivity contribution < 1.29 is 9.18 Å². The average molecular weight is 387 g/mol. The van der Waals surface area contributed by atoms with Gasteiger partial charge in [-0.1, -0.05) is 61.0 Å². The van der Waals surface area contributed by atoms with Gasteiger partial charge in [-0.3, -0.25) is 4.79 Å². The van der Waals surface area contributed by atoms with Crippen molar-refractivity contribution >= 4 is 11.6 Å². The molecule has 1 amide bonds. The van der Waals surface area contributed by atoms with Gasteiger partial charge >= 0.3 is 0 Å². The predicted molar refractivity (Wildman–Crippen MR) is 116 cm³/mol. The fourth-order valence-corrected chi connectivity index (χ4v) is 4.81. The highest BCUT2D eigenvalue weighted by Gasteiger charge is 2.47. The van der Waals surface area contributed by atoms with Gasteiger partial charge in [-0.2, -0.15) is 0 Å². The number of anilines is 1. The van der Waals surface area contributed by atoms with Crippen molar-refractivity contribution in [1.82, 2.24) is 0 Å². The summed E-state index contributed by atoms with van der Waals surface area (Å²) in [4.78, 5) is 15.3. The zero-order valence-corrected chi connectivity index (χ0v) is 17.4. The Labute approximate surface area is 172 Å². The van der Waals surface area contributed by atoms with Crippen molar-refractivity contribution in [2.75, 3.05) is 4.90 Å². The molecule has 4 rings (SSSR count). The highest BCUT2D eigenvalue weighted by Crippen LogP contribution is 2.50. The molecule has 29 heavy (non-hydrogen) atoms. The summed E-state index contributed by atoms with van der Waals surface area (Å²) < 4.78 is 13.8. The van der Waals surface area contributed by atoms with E-state index in [1.807, 2.05) is 23.1 Å². The molecule has 1 heterocycles. The van der Waals surface area contributed by atoms with Gasteiger partial charge < -0.3 is 4.90 Å². The average Bonchev–Trinajstić information content (AvgIpc) is 2.67. The van der Waals surface area contributed by atoms with Crippen LogP contribution in [0.2, 0.25) is 0 Å². The molecule has 0 saturated carbocycles. The number of nitrogens with zero attached hydrogens (tertiary/aromatic N) is 1. The molecule has 2 nitrogen and oxygen atoms in total. The van der Waals surface area contributed by atoms with Crippen molar-refractivity contribution in [2.24, 2.45) is 0 Å². The van der Waals surface area contributed by atoms with E-state index in [2.05, 4.69) is 58.0 Å². The maximum absolute atomic E-state index is 13.8. The normalized spacial score (nSPS) is 20.2. The molecule has 1 aliphatic rings. The van der Waals surface area contributed by atoms with Crippen LogP contribution in [-0.4, -0.2) is 11.4 Å². The summed E-state index contributed by atoms with van der Waals surface area (Å²) in [6.07, 6.45) is 0.765. The van der Waals surface area contributed by atoms with Gasteiger partial charge in [0.2, 0.25) is 0 Å². The van der Waals surface area contributed by atoms with Gasteiger partial charge in [-0.25, -0.2) is 4.39 Å². The minimum atomic E-state index is -0.447. The van der Waals surface area contributed by atoms with E-state index in [0.29, 0.717) is 5.56 Å². The van der Waals surface area contributed by atoms with E-state index < -0.39 is 11.4 Å². The van der Waals surface area contributed by atoms with Crippen LogP contribution in [-0.2, 0) is 5.41 Å². The lowest BCUT2D eigenvalue weighted by Crippen LogP contribution is -2.55. The summed E-state index contributed by atoms with van der Waals surface area (Å²) in [5.74, 6) is -0.573. The molecule has 148 valence electrons. The molecule has 1 aliphatic heterocycles. The maximum atomic E-state index is 13.8. The molecule has 3 aromatic rings. The van der Waals surface area contributed by atoms with Crippen LogP contribution in [0.4, 0.5) is 10.1 Å². The number of hydrogen-bond donors (Lipinski definition) is 0. The molecule has 0 saturated heterocycles. The molecule has 0 aromatic heterocycles. The van der Waals surface area contributed by atoms with Crippen LogP contribution in [0.5, 0.6) is 0 Å². The molecule has 0 spiro atoms.